The van der Waals surface area contributed by atoms with E-state index in [4.69, 9.17) is 34.2 Å². The van der Waals surface area contributed by atoms with Gasteiger partial charge in [0.15, 0.2) is 0 Å². The van der Waals surface area contributed by atoms with Gasteiger partial charge in [0.25, 0.3) is 0 Å². The number of carbonyl (C=O) groups is 9. The number of aliphatic carboxylic acids is 1. The summed E-state index contributed by atoms with van der Waals surface area (Å²) in [4.78, 5) is 121. The van der Waals surface area contributed by atoms with Crippen LogP contribution in [0.2, 0.25) is 0 Å². The van der Waals surface area contributed by atoms with Gasteiger partial charge in [-0.05, 0) is 181 Å². The summed E-state index contributed by atoms with van der Waals surface area (Å²) < 4.78 is 34.6. The van der Waals surface area contributed by atoms with Crippen LogP contribution in [-0.2, 0) is 76.6 Å². The molecule has 6 aromatic rings. The first-order valence-corrected chi connectivity index (χ1v) is 50.4. The SMILES string of the molecule is C=CCO[C@@H]1C[C@H](NC[C@@H](O)[C@@H](N)Cc2ccccc2)c2cc(OC)ccc21.C=CCO[C@@H]1C[C@H](NC[C@@H](O)[C@H](Cc2ccccc2)NC(=O)[C@H](CC=C)N2CC[C@](NC(C)=O)([C@@H](C)CC)C2=O)c2cc(OC)ccc21.C=CC[C@@H](C(=O)O)N1CC[C@](NC(C)=O)([C@@H](C)CC)C1=O.CC[C@H](C)[C@@]1(NC(C)=O)CCN([C@H]2CC=CCO[C@@H]3C[C@H](NC[C@@H](O)[C@H](Cc4ccccc4)NC2=O)c2cc(OC)ccc23)C1=O. The molecule has 7 aliphatic rings. The van der Waals surface area contributed by atoms with E-state index in [-0.39, 0.29) is 140 Å². The third-order valence-corrected chi connectivity index (χ3v) is 29.4. The number of aliphatic hydroxyl groups is 3. The minimum Gasteiger partial charge on any atom is -0.497 e. The second-order valence-electron chi connectivity index (χ2n) is 38.6. The number of nitrogens with zero attached hydrogens (tertiary/aromatic N) is 3. The number of nitrogens with two attached hydrogens (primary N) is 1. The molecule has 776 valence electrons. The maximum absolute atomic E-state index is 14.2. The van der Waals surface area contributed by atoms with Crippen LogP contribution in [0, 0.1) is 17.8 Å². The number of carbonyl (C=O) groups excluding carboxylic acids is 8. The second kappa shape index (κ2) is 54.3. The van der Waals surface area contributed by atoms with E-state index in [2.05, 4.69) is 74.9 Å². The number of carboxylic acid groups (broad SMARTS) is 1. The van der Waals surface area contributed by atoms with Crippen LogP contribution in [0.1, 0.15) is 226 Å². The Labute approximate surface area is 843 Å². The summed E-state index contributed by atoms with van der Waals surface area (Å²) in [6, 6.07) is 43.1. The van der Waals surface area contributed by atoms with Gasteiger partial charge in [-0.2, -0.15) is 0 Å². The average Bonchev–Trinajstić information content (AvgIpc) is 1.61. The first-order valence-electron chi connectivity index (χ1n) is 50.4. The van der Waals surface area contributed by atoms with E-state index in [0.717, 1.165) is 80.2 Å². The first kappa shape index (κ1) is 113. The quantitative estimate of drug-likeness (QED) is 0.0158. The second-order valence-corrected chi connectivity index (χ2v) is 38.6. The Morgan fingerprint density at radius 1 is 0.545 bits per heavy atom. The van der Waals surface area contributed by atoms with Crippen molar-refractivity contribution < 1.29 is 92.0 Å². The zero-order valence-electron chi connectivity index (χ0n) is 85.3. The van der Waals surface area contributed by atoms with Crippen LogP contribution in [0.25, 0.3) is 0 Å². The van der Waals surface area contributed by atoms with Crippen LogP contribution in [0.15, 0.2) is 208 Å². The van der Waals surface area contributed by atoms with Crippen molar-refractivity contribution in [2.75, 3.05) is 80.4 Å². The Hall–Kier alpha value is -11.8. The number of methoxy groups -OCH3 is 3. The lowest BCUT2D eigenvalue weighted by Crippen LogP contribution is -2.60. The van der Waals surface area contributed by atoms with Gasteiger partial charge in [-0.1, -0.05) is 206 Å². The third kappa shape index (κ3) is 28.7. The molecule has 0 saturated carbocycles. The summed E-state index contributed by atoms with van der Waals surface area (Å²) in [6.45, 7) is 34.0. The van der Waals surface area contributed by atoms with E-state index in [0.29, 0.717) is 110 Å². The smallest absolute Gasteiger partial charge is 0.326 e. The molecule has 0 aromatic heterocycles. The van der Waals surface area contributed by atoms with E-state index < -0.39 is 71.1 Å². The van der Waals surface area contributed by atoms with Crippen molar-refractivity contribution in [3.8, 4) is 17.2 Å². The molecule has 8 amide bonds. The summed E-state index contributed by atoms with van der Waals surface area (Å²) in [5.41, 5.74) is 12.7. The molecule has 21 atom stereocenters. The van der Waals surface area contributed by atoms with Crippen molar-refractivity contribution in [3.63, 3.8) is 0 Å². The molecule has 0 unspecified atom stereocenters. The number of β-amino-alcohol motifs (C(OH)–C–C–N with tert-alkyl or cyclic N) is 1. The molecule has 3 saturated heterocycles. The Kier molecular flexibility index (Phi) is 43.0. The van der Waals surface area contributed by atoms with Crippen LogP contribution in [0.4, 0.5) is 0 Å². The zero-order valence-corrected chi connectivity index (χ0v) is 85.3. The minimum absolute atomic E-state index is 0.00606. The van der Waals surface area contributed by atoms with Gasteiger partial charge in [0.1, 0.15) is 52.0 Å². The fourth-order valence-corrected chi connectivity index (χ4v) is 20.9. The van der Waals surface area contributed by atoms with Gasteiger partial charge in [-0.25, -0.2) is 4.79 Å². The molecule has 6 aromatic carbocycles. The number of amides is 8. The molecule has 0 spiro atoms. The number of nitrogens with one attached hydrogen (secondary N) is 8. The van der Waals surface area contributed by atoms with Gasteiger partial charge < -0.3 is 112 Å². The largest absolute Gasteiger partial charge is 0.497 e. The van der Waals surface area contributed by atoms with Gasteiger partial charge in [0.05, 0.1) is 89.9 Å². The van der Waals surface area contributed by atoms with E-state index in [1.165, 1.54) is 31.7 Å². The van der Waals surface area contributed by atoms with Crippen molar-refractivity contribution in [1.29, 1.82) is 0 Å². The average molecular weight is 1970 g/mol. The number of rotatable bonds is 42. The molecule has 4 heterocycles. The summed E-state index contributed by atoms with van der Waals surface area (Å²) >= 11 is 0. The lowest BCUT2D eigenvalue weighted by molar-refractivity contribution is -0.150. The maximum Gasteiger partial charge on any atom is 0.326 e. The lowest BCUT2D eigenvalue weighted by atomic mass is 9.81. The molecule has 31 nitrogen and oxygen atoms in total. The number of hydrogen-bond acceptors (Lipinski definition) is 22. The minimum atomic E-state index is -1.07. The molecule has 4 aliphatic heterocycles. The van der Waals surface area contributed by atoms with Crippen molar-refractivity contribution in [3.05, 3.63) is 258 Å². The van der Waals surface area contributed by atoms with E-state index >= 15 is 0 Å². The standard InChI is InChI=1S/C38H52N4O6.C36H48N4O6.C23H30N2O3.C15H24N2O4/c1-7-13-33(42-19-18-38(37(42)46,25(4)9-3)41-26(5)43)36(45)40-32(21-27-14-11-10-12-15-27)34(44)24-39-31-23-35(48-20-8-2)29-17-16-28(47-6)22-30(29)31;1-5-23(2)36(39-24(3)41)16-17-40(35(36)44)31-13-9-10-18-46-33-21-29(28-20-26(45-4)14-15-27(28)33)37-22-32(42)30(38-34(31)43)19-25-11-7-6-8-12-25;1-3-11-28-23-14-21(19-13-17(27-2)9-10-18(19)23)25-15-22(26)20(24)12-16-7-5-4-6-8-16;1-5-7-12(13(19)20)17-9-8-15(14(17)21,10(3)6-2)16-11(4)18/h7-8,10-12,14-17,22,25,31-35,39,44H,1-2,9,13,18-21,23-24H2,3-6H3,(H,40,45)(H,41,43);6-12,14-15,20,23,29-33,37,42H,5,13,16-19,21-22H2,1-4H3,(H,38,43)(H,39,41);3-10,13,20-23,25-26H,1,11-12,14-15,24H2,2H3;5,10,12H,1,6-9H2,2-4H3,(H,16,18)(H,19,20)/t25-,31-,32-,33-,34+,35+,38-;23-,29-,30-,31-,32+,33+,36-;20-,21-,22+,23+;10-,12-,15-/m0000/s1. The number of carboxylic acids is 1. The van der Waals surface area contributed by atoms with Crippen molar-refractivity contribution in [2.24, 2.45) is 23.5 Å². The van der Waals surface area contributed by atoms with Crippen LogP contribution in [-0.4, -0.2) is 240 Å². The van der Waals surface area contributed by atoms with Gasteiger partial charge in [-0.3, -0.25) is 38.4 Å². The molecule has 31 heteroatoms. The van der Waals surface area contributed by atoms with Gasteiger partial charge in [-0.15, -0.1) is 26.3 Å². The molecule has 14 N–H and O–H groups in total. The van der Waals surface area contributed by atoms with Gasteiger partial charge >= 0.3 is 5.97 Å². The summed E-state index contributed by atoms with van der Waals surface area (Å²) in [6.07, 6.45) is 15.3. The zero-order chi connectivity index (χ0) is 104. The number of likely N-dealkylation sites (tertiary alicyclic amines) is 3. The maximum atomic E-state index is 14.2. The Morgan fingerprint density at radius 2 is 0.986 bits per heavy atom. The van der Waals surface area contributed by atoms with Crippen LogP contribution in [0.5, 0.6) is 17.2 Å². The Morgan fingerprint density at radius 3 is 1.45 bits per heavy atom. The summed E-state index contributed by atoms with van der Waals surface area (Å²) in [7, 11) is 4.94. The molecule has 3 aliphatic carbocycles. The Bertz CT molecular complexity index is 5290. The highest BCUT2D eigenvalue weighted by molar-refractivity contribution is 5.99. The number of fused-ring (bicyclic) bond motifs is 7. The predicted molar refractivity (Wildman–Crippen MR) is 551 cm³/mol. The van der Waals surface area contributed by atoms with Gasteiger partial charge in [0, 0.05) is 84.2 Å². The molecule has 3 fully saturated rings. The van der Waals surface area contributed by atoms with E-state index in [1.807, 2.05) is 193 Å². The Balaban J connectivity index is 0.000000205. The third-order valence-electron chi connectivity index (χ3n) is 29.4. The highest BCUT2D eigenvalue weighted by Gasteiger charge is 2.57. The molecule has 13 rings (SSSR count). The normalized spacial score (nSPS) is 24.6. The molecule has 0 radical (unpaired) electrons. The highest BCUT2D eigenvalue weighted by Crippen LogP contribution is 2.47. The molecule has 2 bridgehead atoms. The van der Waals surface area contributed by atoms with E-state index in [1.54, 1.807) is 49.4 Å². The monoisotopic (exact) mass is 1970 g/mol. The number of benzene rings is 6. The molecule has 143 heavy (non-hydrogen) atoms. The number of ether oxygens (including phenoxy) is 6. The van der Waals surface area contributed by atoms with Crippen molar-refractivity contribution in [1.82, 2.24) is 57.2 Å². The van der Waals surface area contributed by atoms with Crippen LogP contribution < -0.4 is 62.5 Å². The number of aliphatic hydroxyl groups excluding tert-OH is 3. The van der Waals surface area contributed by atoms with Crippen LogP contribution in [0.3, 0.4) is 0 Å². The fraction of sp³-hybridized carbons (Fsp3) is 0.509. The lowest BCUT2D eigenvalue weighted by Gasteiger charge is -2.36. The van der Waals surface area contributed by atoms with Gasteiger partial charge in [0.2, 0.25) is 47.3 Å². The topological polar surface area (TPSA) is 422 Å². The van der Waals surface area contributed by atoms with Crippen molar-refractivity contribution >= 4 is 53.2 Å². The first-order chi connectivity index (χ1) is 68.6. The summed E-state index contributed by atoms with van der Waals surface area (Å²) in [5, 5.41) is 68.5. The van der Waals surface area contributed by atoms with E-state index in [9.17, 15) is 63.6 Å². The van der Waals surface area contributed by atoms with Crippen LogP contribution >= 0.6 is 0 Å². The van der Waals surface area contributed by atoms with Crippen molar-refractivity contribution in [2.45, 2.75) is 266 Å². The predicted octanol–water partition coefficient (Wildman–Crippen LogP) is 11.6. The summed E-state index contributed by atoms with van der Waals surface area (Å²) in [5.74, 6) is -1.38. The number of hydrogen-bond donors (Lipinski definition) is 13. The molecular weight excluding hydrogens is 1820 g/mol. The molecular formula is C112H154N12O19. The fourth-order valence-electron chi connectivity index (χ4n) is 20.9. The highest BCUT2D eigenvalue weighted by atomic mass is 16.5.